The van der Waals surface area contributed by atoms with Crippen molar-refractivity contribution in [1.29, 1.82) is 0 Å². The van der Waals surface area contributed by atoms with Crippen molar-refractivity contribution in [1.82, 2.24) is 5.12 Å². The topological polar surface area (TPSA) is 66.0 Å². The normalized spacial score (nSPS) is 10.3. The van der Waals surface area contributed by atoms with Gasteiger partial charge in [-0.1, -0.05) is 12.1 Å². The molecule has 0 heterocycles. The van der Waals surface area contributed by atoms with Gasteiger partial charge in [0, 0.05) is 18.6 Å². The van der Waals surface area contributed by atoms with E-state index < -0.39 is 0 Å². The highest BCUT2D eigenvalue weighted by Crippen LogP contribution is 2.10. The average Bonchev–Trinajstić information content (AvgIpc) is 2.29. The molecule has 0 fully saturated rings. The molecular weight excluding hydrogens is 190 g/mol. The maximum absolute atomic E-state index is 5.26. The molecule has 0 aliphatic rings. The quantitative estimate of drug-likeness (QED) is 0.434. The van der Waals surface area contributed by atoms with Crippen molar-refractivity contribution >= 4 is 18.6 Å². The van der Waals surface area contributed by atoms with Crippen LogP contribution in [0.1, 0.15) is 12.5 Å². The summed E-state index contributed by atoms with van der Waals surface area (Å²) in [5.74, 6) is 5.26. The first-order chi connectivity index (χ1) is 7.30. The van der Waals surface area contributed by atoms with Crippen molar-refractivity contribution < 1.29 is 0 Å². The van der Waals surface area contributed by atoms with Crippen molar-refractivity contribution in [3.63, 3.8) is 0 Å². The second-order valence-corrected chi connectivity index (χ2v) is 2.89. The number of anilines is 1. The summed E-state index contributed by atoms with van der Waals surface area (Å²) >= 11 is 0. The fraction of sp³-hybridized carbons (Fsp3) is 0.200. The summed E-state index contributed by atoms with van der Waals surface area (Å²) < 4.78 is 0. The SMILES string of the molecule is C=NN(Cc1ccc(NN)cc1)/N=C\C. The number of hydrazine groups is 1. The van der Waals surface area contributed by atoms with E-state index in [1.165, 1.54) is 5.12 Å². The Hall–Kier alpha value is -1.88. The van der Waals surface area contributed by atoms with Gasteiger partial charge in [0.2, 0.25) is 0 Å². The smallest absolute Gasteiger partial charge is 0.0857 e. The van der Waals surface area contributed by atoms with Gasteiger partial charge in [-0.25, -0.2) is 0 Å². The highest BCUT2D eigenvalue weighted by molar-refractivity contribution is 5.52. The fourth-order valence-corrected chi connectivity index (χ4v) is 1.13. The van der Waals surface area contributed by atoms with Crippen molar-refractivity contribution in [2.75, 3.05) is 5.43 Å². The number of nitrogens with one attached hydrogen (secondary N) is 1. The molecule has 0 aliphatic carbocycles. The maximum atomic E-state index is 5.26. The van der Waals surface area contributed by atoms with E-state index in [-0.39, 0.29) is 0 Å². The Bertz CT molecular complexity index is 330. The molecule has 0 radical (unpaired) electrons. The molecular formula is C10H15N5. The van der Waals surface area contributed by atoms with E-state index in [1.807, 2.05) is 31.2 Å². The molecule has 0 unspecified atom stereocenters. The van der Waals surface area contributed by atoms with Gasteiger partial charge in [-0.3, -0.25) is 5.84 Å². The molecule has 0 atom stereocenters. The third kappa shape index (κ3) is 3.40. The van der Waals surface area contributed by atoms with Crippen molar-refractivity contribution in [3.05, 3.63) is 29.8 Å². The summed E-state index contributed by atoms with van der Waals surface area (Å²) in [4.78, 5) is 0. The van der Waals surface area contributed by atoms with Crippen LogP contribution >= 0.6 is 0 Å². The van der Waals surface area contributed by atoms with Crippen LogP contribution < -0.4 is 11.3 Å². The molecule has 0 saturated carbocycles. The lowest BCUT2D eigenvalue weighted by atomic mass is 10.2. The van der Waals surface area contributed by atoms with E-state index in [0.717, 1.165) is 11.3 Å². The first-order valence-corrected chi connectivity index (χ1v) is 4.58. The third-order valence-corrected chi connectivity index (χ3v) is 1.86. The highest BCUT2D eigenvalue weighted by atomic mass is 15.6. The lowest BCUT2D eigenvalue weighted by Crippen LogP contribution is -2.10. The minimum atomic E-state index is 0.596. The monoisotopic (exact) mass is 205 g/mol. The molecule has 0 spiro atoms. The number of hydrogen-bond donors (Lipinski definition) is 2. The lowest BCUT2D eigenvalue weighted by Gasteiger charge is -2.11. The number of nitrogen functional groups attached to an aromatic ring is 1. The largest absolute Gasteiger partial charge is 0.324 e. The molecule has 15 heavy (non-hydrogen) atoms. The van der Waals surface area contributed by atoms with Crippen LogP contribution in [0.4, 0.5) is 5.69 Å². The zero-order valence-electron chi connectivity index (χ0n) is 8.72. The standard InChI is InChI=1S/C10H15N5/c1-3-13-15(12-2)8-9-4-6-10(14-11)7-5-9/h3-7,14H,2,8,11H2,1H3/b13-3-. The highest BCUT2D eigenvalue weighted by Gasteiger charge is 1.98. The van der Waals surface area contributed by atoms with Gasteiger partial charge in [0.25, 0.3) is 0 Å². The second-order valence-electron chi connectivity index (χ2n) is 2.89. The van der Waals surface area contributed by atoms with Gasteiger partial charge in [0.1, 0.15) is 0 Å². The first kappa shape index (κ1) is 11.2. The zero-order chi connectivity index (χ0) is 11.1. The summed E-state index contributed by atoms with van der Waals surface area (Å²) in [5, 5.41) is 9.30. The van der Waals surface area contributed by atoms with E-state index in [2.05, 4.69) is 22.3 Å². The van der Waals surface area contributed by atoms with Crippen molar-refractivity contribution in [2.24, 2.45) is 16.0 Å². The second kappa shape index (κ2) is 5.77. The molecule has 1 aromatic carbocycles. The number of nitrogens with zero attached hydrogens (tertiary/aromatic N) is 3. The number of benzene rings is 1. The van der Waals surface area contributed by atoms with E-state index in [0.29, 0.717) is 6.54 Å². The molecule has 1 aromatic rings. The van der Waals surface area contributed by atoms with Crippen LogP contribution in [-0.4, -0.2) is 18.1 Å². The van der Waals surface area contributed by atoms with Crippen LogP contribution in [0.3, 0.4) is 0 Å². The van der Waals surface area contributed by atoms with Crippen LogP contribution in [0.5, 0.6) is 0 Å². The molecule has 0 aliphatic heterocycles. The molecule has 5 heteroatoms. The Morgan fingerprint density at radius 1 is 1.47 bits per heavy atom. The predicted octanol–water partition coefficient (Wildman–Crippen LogP) is 1.40. The number of hydrogen-bond acceptors (Lipinski definition) is 5. The minimum Gasteiger partial charge on any atom is -0.324 e. The van der Waals surface area contributed by atoms with E-state index in [1.54, 1.807) is 6.21 Å². The van der Waals surface area contributed by atoms with Crippen molar-refractivity contribution in [3.8, 4) is 0 Å². The van der Waals surface area contributed by atoms with Gasteiger partial charge >= 0.3 is 0 Å². The third-order valence-electron chi connectivity index (χ3n) is 1.86. The van der Waals surface area contributed by atoms with E-state index in [4.69, 9.17) is 5.84 Å². The Labute approximate surface area is 89.2 Å². The van der Waals surface area contributed by atoms with Crippen molar-refractivity contribution in [2.45, 2.75) is 13.5 Å². The lowest BCUT2D eigenvalue weighted by molar-refractivity contribution is 0.300. The van der Waals surface area contributed by atoms with Gasteiger partial charge in [-0.15, -0.1) is 0 Å². The first-order valence-electron chi connectivity index (χ1n) is 4.58. The maximum Gasteiger partial charge on any atom is 0.0857 e. The molecule has 1 rings (SSSR count). The number of nitrogens with two attached hydrogens (primary N) is 1. The van der Waals surface area contributed by atoms with Crippen LogP contribution in [0.2, 0.25) is 0 Å². The molecule has 0 bridgehead atoms. The van der Waals surface area contributed by atoms with E-state index >= 15 is 0 Å². The molecule has 0 aromatic heterocycles. The Balaban J connectivity index is 2.66. The fourth-order valence-electron chi connectivity index (χ4n) is 1.13. The molecule has 5 nitrogen and oxygen atoms in total. The zero-order valence-corrected chi connectivity index (χ0v) is 8.72. The Kier molecular flexibility index (Phi) is 4.30. The van der Waals surface area contributed by atoms with E-state index in [9.17, 15) is 0 Å². The number of hydrazone groups is 2. The Morgan fingerprint density at radius 2 is 2.13 bits per heavy atom. The molecule has 3 N–H and O–H groups in total. The van der Waals surface area contributed by atoms with Gasteiger partial charge in [0.05, 0.1) is 6.54 Å². The molecule has 80 valence electrons. The van der Waals surface area contributed by atoms with Crippen LogP contribution in [0.25, 0.3) is 0 Å². The Morgan fingerprint density at radius 3 is 2.60 bits per heavy atom. The molecule has 0 saturated heterocycles. The van der Waals surface area contributed by atoms with Gasteiger partial charge in [0.15, 0.2) is 0 Å². The average molecular weight is 205 g/mol. The summed E-state index contributed by atoms with van der Waals surface area (Å²) in [5.41, 5.74) is 4.53. The summed E-state index contributed by atoms with van der Waals surface area (Å²) in [6.45, 7) is 5.87. The van der Waals surface area contributed by atoms with Gasteiger partial charge in [-0.05, 0) is 24.6 Å². The van der Waals surface area contributed by atoms with Gasteiger partial charge < -0.3 is 5.43 Å². The number of rotatable bonds is 5. The van der Waals surface area contributed by atoms with Crippen LogP contribution in [0.15, 0.2) is 34.5 Å². The molecule has 0 amide bonds. The minimum absolute atomic E-state index is 0.596. The summed E-state index contributed by atoms with van der Waals surface area (Å²) in [6.07, 6.45) is 1.67. The summed E-state index contributed by atoms with van der Waals surface area (Å²) in [7, 11) is 0. The predicted molar refractivity (Wildman–Crippen MR) is 63.5 cm³/mol. The van der Waals surface area contributed by atoms with Crippen LogP contribution in [0, 0.1) is 0 Å². The van der Waals surface area contributed by atoms with Gasteiger partial charge in [-0.2, -0.15) is 15.3 Å². The van der Waals surface area contributed by atoms with Crippen LogP contribution in [-0.2, 0) is 6.54 Å². The summed E-state index contributed by atoms with van der Waals surface area (Å²) in [6, 6.07) is 7.70.